The van der Waals surface area contributed by atoms with E-state index in [1.54, 1.807) is 24.3 Å². The maximum atomic E-state index is 12.5. The van der Waals surface area contributed by atoms with Gasteiger partial charge in [-0.25, -0.2) is 0 Å². The number of anilines is 1. The van der Waals surface area contributed by atoms with Crippen LogP contribution in [-0.4, -0.2) is 55.7 Å². The third-order valence-corrected chi connectivity index (χ3v) is 6.16. The number of benzene rings is 1. The van der Waals surface area contributed by atoms with Gasteiger partial charge in [0, 0.05) is 17.8 Å². The Bertz CT molecular complexity index is 947. The molecule has 0 bridgehead atoms. The van der Waals surface area contributed by atoms with Gasteiger partial charge in [0.25, 0.3) is 10.0 Å². The summed E-state index contributed by atoms with van der Waals surface area (Å²) in [5, 5.41) is 10.4. The first-order chi connectivity index (χ1) is 12.5. The Hall–Kier alpha value is -2.23. The average Bonchev–Trinajstić information content (AvgIpc) is 2.94. The third-order valence-electron chi connectivity index (χ3n) is 4.78. The Kier molecular flexibility index (Phi) is 4.29. The fourth-order valence-electron chi connectivity index (χ4n) is 3.57. The number of aromatic amines is 1. The predicted octanol–water partition coefficient (Wildman–Crippen LogP) is 1.61. The van der Waals surface area contributed by atoms with Gasteiger partial charge in [-0.15, -0.1) is 4.40 Å². The van der Waals surface area contributed by atoms with Crippen LogP contribution in [-0.2, 0) is 14.8 Å². The van der Waals surface area contributed by atoms with Gasteiger partial charge in [-0.2, -0.15) is 13.5 Å². The van der Waals surface area contributed by atoms with E-state index < -0.39 is 10.0 Å². The lowest BCUT2D eigenvalue weighted by molar-refractivity contribution is -0.000983. The second-order valence-electron chi connectivity index (χ2n) is 6.54. The number of sulfonamides is 1. The molecule has 0 spiro atoms. The molecule has 1 aromatic heterocycles. The number of rotatable bonds is 3. The van der Waals surface area contributed by atoms with E-state index in [2.05, 4.69) is 24.8 Å². The number of hydrogen-bond donors (Lipinski definition) is 2. The summed E-state index contributed by atoms with van der Waals surface area (Å²) in [4.78, 5) is 2.40. The van der Waals surface area contributed by atoms with Gasteiger partial charge in [-0.3, -0.25) is 10.00 Å². The van der Waals surface area contributed by atoms with E-state index in [4.69, 9.17) is 4.74 Å². The van der Waals surface area contributed by atoms with E-state index in [0.29, 0.717) is 37.8 Å². The molecule has 1 saturated heterocycles. The van der Waals surface area contributed by atoms with Crippen LogP contribution in [0.4, 0.5) is 5.69 Å². The van der Waals surface area contributed by atoms with Crippen molar-refractivity contribution in [3.8, 4) is 0 Å². The van der Waals surface area contributed by atoms with E-state index in [0.717, 1.165) is 17.0 Å². The van der Waals surface area contributed by atoms with Crippen LogP contribution in [0.3, 0.4) is 0 Å². The van der Waals surface area contributed by atoms with Gasteiger partial charge in [0.05, 0.1) is 37.2 Å². The highest BCUT2D eigenvalue weighted by molar-refractivity contribution is 7.90. The van der Waals surface area contributed by atoms with Gasteiger partial charge in [0.15, 0.2) is 0 Å². The number of fused-ring (bicyclic) bond motifs is 1. The summed E-state index contributed by atoms with van der Waals surface area (Å²) in [5.74, 6) is 0.425. The summed E-state index contributed by atoms with van der Waals surface area (Å²) in [5.41, 5.74) is 3.60. The minimum Gasteiger partial charge on any atom is -0.378 e. The molecule has 0 aliphatic carbocycles. The lowest BCUT2D eigenvalue weighted by Crippen LogP contribution is -2.44. The number of para-hydroxylation sites is 1. The minimum absolute atomic E-state index is 0.00637. The molecular formula is C17H21N5O3S. The first kappa shape index (κ1) is 17.2. The van der Waals surface area contributed by atoms with Crippen molar-refractivity contribution in [2.45, 2.75) is 24.8 Å². The van der Waals surface area contributed by atoms with E-state index in [1.807, 2.05) is 13.8 Å². The fourth-order valence-corrected chi connectivity index (χ4v) is 4.71. The number of morpholine rings is 1. The number of amidine groups is 1. The summed E-state index contributed by atoms with van der Waals surface area (Å²) >= 11 is 0. The molecule has 4 rings (SSSR count). The number of nitrogens with zero attached hydrogens (tertiary/aromatic N) is 3. The molecule has 8 nitrogen and oxygen atoms in total. The molecule has 0 saturated carbocycles. The Balaban J connectivity index is 1.63. The summed E-state index contributed by atoms with van der Waals surface area (Å²) < 4.78 is 34.6. The molecular weight excluding hydrogens is 354 g/mol. The van der Waals surface area contributed by atoms with Crippen molar-refractivity contribution in [1.82, 2.24) is 15.1 Å². The number of nitrogens with one attached hydrogen (secondary N) is 2. The average molecular weight is 375 g/mol. The molecule has 0 amide bonds. The summed E-state index contributed by atoms with van der Waals surface area (Å²) in [6.07, 6.45) is 0. The summed E-state index contributed by atoms with van der Waals surface area (Å²) in [7, 11) is -3.68. The van der Waals surface area contributed by atoms with Gasteiger partial charge >= 0.3 is 0 Å². The molecule has 2 aliphatic heterocycles. The quantitative estimate of drug-likeness (QED) is 0.846. The topological polar surface area (TPSA) is 99.7 Å². The van der Waals surface area contributed by atoms with Crippen molar-refractivity contribution in [3.05, 3.63) is 41.2 Å². The molecule has 0 radical (unpaired) electrons. The second-order valence-corrected chi connectivity index (χ2v) is 8.12. The molecule has 1 fully saturated rings. The van der Waals surface area contributed by atoms with E-state index in [-0.39, 0.29) is 10.9 Å². The number of aromatic nitrogens is 2. The van der Waals surface area contributed by atoms with Crippen LogP contribution >= 0.6 is 0 Å². The predicted molar refractivity (Wildman–Crippen MR) is 97.9 cm³/mol. The molecule has 2 aliphatic rings. The number of H-pyrrole nitrogens is 1. The molecule has 26 heavy (non-hydrogen) atoms. The highest BCUT2D eigenvalue weighted by atomic mass is 32.2. The SMILES string of the molecule is Cc1n[nH]c(C)c1C1COCCN1CC1=NS(=O)(=O)c2ccccc2N1. The van der Waals surface area contributed by atoms with E-state index in [1.165, 1.54) is 0 Å². The normalized spacial score (nSPS) is 22.4. The van der Waals surface area contributed by atoms with Crippen molar-refractivity contribution >= 4 is 21.5 Å². The van der Waals surface area contributed by atoms with Crippen LogP contribution in [0.2, 0.25) is 0 Å². The molecule has 2 N–H and O–H groups in total. The van der Waals surface area contributed by atoms with Gasteiger partial charge in [0.2, 0.25) is 0 Å². The minimum atomic E-state index is -3.68. The standard InChI is InChI=1S/C17H21N5O3S/c1-11-17(12(2)20-19-11)14-10-25-8-7-22(14)9-16-18-13-5-3-4-6-15(13)26(23,24)21-16/h3-6,14H,7-10H2,1-2H3,(H,18,21)(H,19,20). The van der Waals surface area contributed by atoms with Crippen LogP contribution in [0.5, 0.6) is 0 Å². The fraction of sp³-hybridized carbons (Fsp3) is 0.412. The largest absolute Gasteiger partial charge is 0.378 e. The second kappa shape index (κ2) is 6.49. The Morgan fingerprint density at radius 1 is 1.31 bits per heavy atom. The van der Waals surface area contributed by atoms with Gasteiger partial charge < -0.3 is 10.1 Å². The monoisotopic (exact) mass is 375 g/mol. The van der Waals surface area contributed by atoms with E-state index in [9.17, 15) is 8.42 Å². The van der Waals surface area contributed by atoms with E-state index >= 15 is 0 Å². The zero-order valence-corrected chi connectivity index (χ0v) is 15.5. The lowest BCUT2D eigenvalue weighted by atomic mass is 10.0. The van der Waals surface area contributed by atoms with Crippen LogP contribution in [0.25, 0.3) is 0 Å². The highest BCUT2D eigenvalue weighted by Gasteiger charge is 2.31. The maximum Gasteiger partial charge on any atom is 0.286 e. The number of ether oxygens (including phenoxy) is 1. The van der Waals surface area contributed by atoms with Crippen molar-refractivity contribution < 1.29 is 13.2 Å². The van der Waals surface area contributed by atoms with Crippen LogP contribution < -0.4 is 5.32 Å². The number of aryl methyl sites for hydroxylation is 2. The maximum absolute atomic E-state index is 12.5. The third kappa shape index (κ3) is 3.02. The Morgan fingerprint density at radius 2 is 2.12 bits per heavy atom. The van der Waals surface area contributed by atoms with Crippen LogP contribution in [0.1, 0.15) is 23.0 Å². The first-order valence-electron chi connectivity index (χ1n) is 8.49. The van der Waals surface area contributed by atoms with Crippen molar-refractivity contribution in [2.75, 3.05) is 31.6 Å². The summed E-state index contributed by atoms with van der Waals surface area (Å²) in [6, 6.07) is 6.82. The van der Waals surface area contributed by atoms with Crippen LogP contribution in [0, 0.1) is 13.8 Å². The van der Waals surface area contributed by atoms with Gasteiger partial charge in [-0.05, 0) is 26.0 Å². The smallest absolute Gasteiger partial charge is 0.286 e. The lowest BCUT2D eigenvalue weighted by Gasteiger charge is -2.36. The molecule has 2 aromatic rings. The van der Waals surface area contributed by atoms with Crippen molar-refractivity contribution in [2.24, 2.45) is 4.40 Å². The zero-order valence-electron chi connectivity index (χ0n) is 14.7. The molecule has 1 atom stereocenters. The Morgan fingerprint density at radius 3 is 2.88 bits per heavy atom. The Labute approximate surface area is 152 Å². The molecule has 138 valence electrons. The summed E-state index contributed by atoms with van der Waals surface area (Å²) in [6.45, 7) is 6.17. The van der Waals surface area contributed by atoms with Crippen LogP contribution in [0.15, 0.2) is 33.6 Å². The number of hydrogen-bond acceptors (Lipinski definition) is 6. The van der Waals surface area contributed by atoms with Gasteiger partial charge in [-0.1, -0.05) is 12.1 Å². The van der Waals surface area contributed by atoms with Crippen molar-refractivity contribution in [3.63, 3.8) is 0 Å². The first-order valence-corrected chi connectivity index (χ1v) is 9.93. The highest BCUT2D eigenvalue weighted by Crippen LogP contribution is 2.30. The molecule has 1 unspecified atom stereocenters. The molecule has 1 aromatic carbocycles. The van der Waals surface area contributed by atoms with Gasteiger partial charge in [0.1, 0.15) is 10.7 Å². The zero-order chi connectivity index (χ0) is 18.3. The molecule has 9 heteroatoms. The van der Waals surface area contributed by atoms with Crippen molar-refractivity contribution in [1.29, 1.82) is 0 Å². The molecule has 3 heterocycles.